The van der Waals surface area contributed by atoms with Crippen molar-refractivity contribution in [2.45, 2.75) is 6.42 Å². The van der Waals surface area contributed by atoms with Gasteiger partial charge >= 0.3 is 0 Å². The number of benzene rings is 1. The van der Waals surface area contributed by atoms with Crippen LogP contribution in [0.5, 0.6) is 0 Å². The summed E-state index contributed by atoms with van der Waals surface area (Å²) in [6, 6.07) is 10.2. The van der Waals surface area contributed by atoms with Gasteiger partial charge in [0.25, 0.3) is 0 Å². The quantitative estimate of drug-likeness (QED) is 0.655. The maximum absolute atomic E-state index is 12.2. The summed E-state index contributed by atoms with van der Waals surface area (Å²) in [5.74, 6) is 0.882. The lowest BCUT2D eigenvalue weighted by Gasteiger charge is -2.34. The number of carbonyl (C=O) groups is 1. The molecule has 0 saturated carbocycles. The minimum Gasteiger partial charge on any atom is -0.355 e. The van der Waals surface area contributed by atoms with Crippen LogP contribution in [0.3, 0.4) is 0 Å². The molecule has 3 aromatic rings. The first-order chi connectivity index (χ1) is 13.7. The predicted octanol–water partition coefficient (Wildman–Crippen LogP) is 0.239. The van der Waals surface area contributed by atoms with E-state index >= 15 is 0 Å². The average Bonchev–Trinajstić information content (AvgIpc) is 3.11. The number of hydrogen-bond acceptors (Lipinski definition) is 7. The Labute approximate surface area is 163 Å². The first-order valence-electron chi connectivity index (χ1n) is 9.49. The van der Waals surface area contributed by atoms with Crippen molar-refractivity contribution in [1.82, 2.24) is 35.2 Å². The Morgan fingerprint density at radius 2 is 1.89 bits per heavy atom. The molecular formula is C19H24N8O. The summed E-state index contributed by atoms with van der Waals surface area (Å²) in [5, 5.41) is 11.2. The molecule has 0 bridgehead atoms. The monoisotopic (exact) mass is 380 g/mol. The van der Waals surface area contributed by atoms with E-state index in [1.54, 1.807) is 11.0 Å². The van der Waals surface area contributed by atoms with Crippen LogP contribution < -0.4 is 10.2 Å². The molecule has 2 aromatic heterocycles. The van der Waals surface area contributed by atoms with Crippen LogP contribution in [0.4, 0.5) is 5.82 Å². The summed E-state index contributed by atoms with van der Waals surface area (Å²) in [6.07, 6.45) is 2.40. The van der Waals surface area contributed by atoms with Crippen molar-refractivity contribution < 1.29 is 4.79 Å². The number of aryl methyl sites for hydroxylation is 1. The summed E-state index contributed by atoms with van der Waals surface area (Å²) >= 11 is 0. The molecule has 4 rings (SSSR count). The zero-order valence-electron chi connectivity index (χ0n) is 16.0. The van der Waals surface area contributed by atoms with Crippen molar-refractivity contribution in [2.24, 2.45) is 7.05 Å². The average molecular weight is 380 g/mol. The van der Waals surface area contributed by atoms with E-state index in [2.05, 4.69) is 47.5 Å². The zero-order valence-corrected chi connectivity index (χ0v) is 16.0. The first kappa shape index (κ1) is 18.3. The molecular weight excluding hydrogens is 356 g/mol. The summed E-state index contributed by atoms with van der Waals surface area (Å²) in [7, 11) is 1.82. The van der Waals surface area contributed by atoms with Gasteiger partial charge in [-0.15, -0.1) is 5.10 Å². The standard InChI is InChI=1S/C19H24N8O/c1-25-18-17(23-24-25)19(22-14-21-18)27-11-9-26(10-12-27)13-16(28)20-8-7-15-5-3-2-4-6-15/h2-6,14H,7-13H2,1H3,(H,20,28). The number of piperazine rings is 1. The molecule has 9 heteroatoms. The number of fused-ring (bicyclic) bond motifs is 1. The van der Waals surface area contributed by atoms with Gasteiger partial charge in [-0.25, -0.2) is 14.6 Å². The van der Waals surface area contributed by atoms with E-state index in [1.165, 1.54) is 5.56 Å². The molecule has 9 nitrogen and oxygen atoms in total. The van der Waals surface area contributed by atoms with Crippen LogP contribution >= 0.6 is 0 Å². The number of nitrogens with zero attached hydrogens (tertiary/aromatic N) is 7. The Morgan fingerprint density at radius 3 is 2.68 bits per heavy atom. The van der Waals surface area contributed by atoms with E-state index in [-0.39, 0.29) is 5.91 Å². The molecule has 1 fully saturated rings. The lowest BCUT2D eigenvalue weighted by atomic mass is 10.1. The van der Waals surface area contributed by atoms with Gasteiger partial charge in [0.05, 0.1) is 6.54 Å². The van der Waals surface area contributed by atoms with Crippen LogP contribution in [0.1, 0.15) is 5.56 Å². The van der Waals surface area contributed by atoms with Gasteiger partial charge in [0, 0.05) is 39.8 Å². The molecule has 0 radical (unpaired) electrons. The molecule has 1 amide bonds. The highest BCUT2D eigenvalue weighted by atomic mass is 16.2. The van der Waals surface area contributed by atoms with Crippen molar-refractivity contribution >= 4 is 22.9 Å². The maximum atomic E-state index is 12.2. The van der Waals surface area contributed by atoms with Gasteiger partial charge in [-0.2, -0.15) is 0 Å². The largest absolute Gasteiger partial charge is 0.355 e. The second kappa shape index (κ2) is 8.30. The normalized spacial score (nSPS) is 15.1. The smallest absolute Gasteiger partial charge is 0.234 e. The fourth-order valence-corrected chi connectivity index (χ4v) is 3.44. The topological polar surface area (TPSA) is 92.1 Å². The van der Waals surface area contributed by atoms with Crippen LogP contribution in [-0.4, -0.2) is 75.0 Å². The molecule has 0 atom stereocenters. The highest BCUT2D eigenvalue weighted by molar-refractivity contribution is 5.82. The van der Waals surface area contributed by atoms with E-state index in [9.17, 15) is 4.79 Å². The number of amides is 1. The molecule has 0 unspecified atom stereocenters. The maximum Gasteiger partial charge on any atom is 0.234 e. The lowest BCUT2D eigenvalue weighted by molar-refractivity contribution is -0.122. The Hall–Kier alpha value is -3.07. The van der Waals surface area contributed by atoms with Crippen LogP contribution in [-0.2, 0) is 18.3 Å². The highest BCUT2D eigenvalue weighted by Crippen LogP contribution is 2.21. The van der Waals surface area contributed by atoms with Crippen molar-refractivity contribution in [3.05, 3.63) is 42.2 Å². The van der Waals surface area contributed by atoms with Crippen LogP contribution in [0, 0.1) is 0 Å². The van der Waals surface area contributed by atoms with Crippen molar-refractivity contribution in [2.75, 3.05) is 44.2 Å². The van der Waals surface area contributed by atoms with Gasteiger partial charge in [0.1, 0.15) is 6.33 Å². The predicted molar refractivity (Wildman–Crippen MR) is 106 cm³/mol. The van der Waals surface area contributed by atoms with E-state index in [4.69, 9.17) is 0 Å². The zero-order chi connectivity index (χ0) is 19.3. The van der Waals surface area contributed by atoms with Crippen molar-refractivity contribution in [3.8, 4) is 0 Å². The number of carbonyl (C=O) groups excluding carboxylic acids is 1. The minimum absolute atomic E-state index is 0.0720. The molecule has 3 heterocycles. The number of nitrogens with one attached hydrogen (secondary N) is 1. The third kappa shape index (κ3) is 4.09. The Bertz CT molecular complexity index is 934. The molecule has 1 aliphatic heterocycles. The fourth-order valence-electron chi connectivity index (χ4n) is 3.44. The minimum atomic E-state index is 0.0720. The van der Waals surface area contributed by atoms with E-state index in [0.717, 1.165) is 49.6 Å². The fraction of sp³-hybridized carbons (Fsp3) is 0.421. The van der Waals surface area contributed by atoms with Gasteiger partial charge < -0.3 is 10.2 Å². The van der Waals surface area contributed by atoms with Gasteiger partial charge in [-0.1, -0.05) is 35.5 Å². The van der Waals surface area contributed by atoms with Crippen LogP contribution in [0.15, 0.2) is 36.7 Å². The first-order valence-corrected chi connectivity index (χ1v) is 9.49. The molecule has 1 N–H and O–H groups in total. The van der Waals surface area contributed by atoms with Gasteiger partial charge in [-0.3, -0.25) is 9.69 Å². The van der Waals surface area contributed by atoms with E-state index < -0.39 is 0 Å². The van der Waals surface area contributed by atoms with E-state index in [0.29, 0.717) is 13.1 Å². The Kier molecular flexibility index (Phi) is 5.43. The SMILES string of the molecule is Cn1nnc2c(N3CCN(CC(=O)NCCc4ccccc4)CC3)ncnc21. The molecule has 28 heavy (non-hydrogen) atoms. The summed E-state index contributed by atoms with van der Waals surface area (Å²) < 4.78 is 1.65. The number of hydrogen-bond donors (Lipinski definition) is 1. The highest BCUT2D eigenvalue weighted by Gasteiger charge is 2.22. The molecule has 0 spiro atoms. The van der Waals surface area contributed by atoms with Crippen LogP contribution in [0.25, 0.3) is 11.2 Å². The molecule has 0 aliphatic carbocycles. The van der Waals surface area contributed by atoms with Gasteiger partial charge in [0.15, 0.2) is 17.0 Å². The number of aromatic nitrogens is 5. The molecule has 146 valence electrons. The second-order valence-corrected chi connectivity index (χ2v) is 6.93. The second-order valence-electron chi connectivity index (χ2n) is 6.93. The lowest BCUT2D eigenvalue weighted by Crippen LogP contribution is -2.50. The van der Waals surface area contributed by atoms with Crippen molar-refractivity contribution in [1.29, 1.82) is 0 Å². The van der Waals surface area contributed by atoms with Crippen molar-refractivity contribution in [3.63, 3.8) is 0 Å². The summed E-state index contributed by atoms with van der Waals surface area (Å²) in [4.78, 5) is 25.2. The summed E-state index contributed by atoms with van der Waals surface area (Å²) in [6.45, 7) is 4.27. The molecule has 1 aliphatic rings. The molecule has 1 aromatic carbocycles. The summed E-state index contributed by atoms with van der Waals surface area (Å²) in [5.41, 5.74) is 2.68. The Balaban J connectivity index is 1.25. The third-order valence-electron chi connectivity index (χ3n) is 4.99. The van der Waals surface area contributed by atoms with Gasteiger partial charge in [-0.05, 0) is 12.0 Å². The van der Waals surface area contributed by atoms with E-state index in [1.807, 2.05) is 25.2 Å². The van der Waals surface area contributed by atoms with Gasteiger partial charge in [0.2, 0.25) is 5.91 Å². The molecule has 1 saturated heterocycles. The number of rotatable bonds is 6. The number of anilines is 1. The van der Waals surface area contributed by atoms with Crippen LogP contribution in [0.2, 0.25) is 0 Å². The Morgan fingerprint density at radius 1 is 1.11 bits per heavy atom. The third-order valence-corrected chi connectivity index (χ3v) is 4.99.